The maximum Gasteiger partial charge on any atom is 0.317 e. The normalized spacial score (nSPS) is 18.9. The summed E-state index contributed by atoms with van der Waals surface area (Å²) in [6, 6.07) is 0. The number of nitrogens with zero attached hydrogens (tertiary/aromatic N) is 2. The summed E-state index contributed by atoms with van der Waals surface area (Å²) in [4.78, 5) is 14.9. The lowest BCUT2D eigenvalue weighted by atomic mass is 10.2. The van der Waals surface area contributed by atoms with Gasteiger partial charge in [-0.05, 0) is 19.4 Å². The van der Waals surface area contributed by atoms with Crippen molar-refractivity contribution in [3.63, 3.8) is 0 Å². The summed E-state index contributed by atoms with van der Waals surface area (Å²) >= 11 is 0. The second-order valence-corrected chi connectivity index (χ2v) is 3.94. The van der Waals surface area contributed by atoms with Crippen LogP contribution >= 0.6 is 0 Å². The number of allylic oxidation sites excluding steroid dienone is 1. The van der Waals surface area contributed by atoms with Crippen molar-refractivity contribution in [1.29, 1.82) is 0 Å². The van der Waals surface area contributed by atoms with Crippen LogP contribution < -0.4 is 0 Å². The average molecular weight is 212 g/mol. The number of carboxylic acid groups (broad SMARTS) is 1. The minimum atomic E-state index is -0.727. The smallest absolute Gasteiger partial charge is 0.317 e. The summed E-state index contributed by atoms with van der Waals surface area (Å²) in [5.41, 5.74) is 0. The third kappa shape index (κ3) is 4.95. The maximum absolute atomic E-state index is 10.5. The molecule has 0 atom stereocenters. The van der Waals surface area contributed by atoms with E-state index in [1.165, 1.54) is 0 Å². The Morgan fingerprint density at radius 3 is 2.40 bits per heavy atom. The topological polar surface area (TPSA) is 43.8 Å². The van der Waals surface area contributed by atoms with Crippen LogP contribution in [0.15, 0.2) is 12.7 Å². The van der Waals surface area contributed by atoms with Gasteiger partial charge < -0.3 is 10.0 Å². The lowest BCUT2D eigenvalue weighted by molar-refractivity contribution is -0.138. The van der Waals surface area contributed by atoms with Gasteiger partial charge in [0.05, 0.1) is 6.54 Å². The molecule has 15 heavy (non-hydrogen) atoms. The van der Waals surface area contributed by atoms with Crippen molar-refractivity contribution in [3.8, 4) is 0 Å². The van der Waals surface area contributed by atoms with E-state index in [2.05, 4.69) is 11.5 Å². The third-order valence-corrected chi connectivity index (χ3v) is 2.71. The maximum atomic E-state index is 10.5. The molecular weight excluding hydrogens is 192 g/mol. The Morgan fingerprint density at radius 1 is 1.27 bits per heavy atom. The Bertz CT molecular complexity index is 211. The third-order valence-electron chi connectivity index (χ3n) is 2.71. The first-order chi connectivity index (χ1) is 7.22. The molecule has 0 aromatic heterocycles. The summed E-state index contributed by atoms with van der Waals surface area (Å²) in [5.74, 6) is -0.727. The molecule has 86 valence electrons. The highest BCUT2D eigenvalue weighted by atomic mass is 16.4. The molecule has 0 radical (unpaired) electrons. The fourth-order valence-corrected chi connectivity index (χ4v) is 1.82. The van der Waals surface area contributed by atoms with E-state index in [1.54, 1.807) is 0 Å². The summed E-state index contributed by atoms with van der Waals surface area (Å²) in [7, 11) is 0. The first kappa shape index (κ1) is 12.2. The molecule has 1 N–H and O–H groups in total. The van der Waals surface area contributed by atoms with Crippen molar-refractivity contribution >= 4 is 5.97 Å². The minimum Gasteiger partial charge on any atom is -0.480 e. The van der Waals surface area contributed by atoms with E-state index in [4.69, 9.17) is 5.11 Å². The van der Waals surface area contributed by atoms with Gasteiger partial charge in [-0.3, -0.25) is 9.69 Å². The molecule has 1 aliphatic heterocycles. The fourth-order valence-electron chi connectivity index (χ4n) is 1.82. The highest BCUT2D eigenvalue weighted by Gasteiger charge is 2.17. The van der Waals surface area contributed by atoms with Gasteiger partial charge in [0.1, 0.15) is 0 Å². The van der Waals surface area contributed by atoms with Crippen molar-refractivity contribution in [2.45, 2.75) is 12.8 Å². The zero-order chi connectivity index (χ0) is 11.1. The summed E-state index contributed by atoms with van der Waals surface area (Å²) in [5, 5.41) is 8.64. The van der Waals surface area contributed by atoms with Gasteiger partial charge in [0.15, 0.2) is 0 Å². The molecule has 4 heteroatoms. The largest absolute Gasteiger partial charge is 0.480 e. The zero-order valence-electron chi connectivity index (χ0n) is 9.19. The zero-order valence-corrected chi connectivity index (χ0v) is 9.19. The number of carbonyl (C=O) groups is 1. The van der Waals surface area contributed by atoms with Crippen LogP contribution in [0.5, 0.6) is 0 Å². The Hall–Kier alpha value is -0.870. The van der Waals surface area contributed by atoms with Crippen LogP contribution in [-0.2, 0) is 4.79 Å². The summed E-state index contributed by atoms with van der Waals surface area (Å²) in [6.07, 6.45) is 4.17. The van der Waals surface area contributed by atoms with Crippen molar-refractivity contribution in [1.82, 2.24) is 9.80 Å². The van der Waals surface area contributed by atoms with Crippen molar-refractivity contribution in [2.24, 2.45) is 0 Å². The molecule has 0 spiro atoms. The molecule has 0 aromatic rings. The average Bonchev–Trinajstić information content (AvgIpc) is 2.20. The number of rotatable bonds is 6. The predicted octanol–water partition coefficient (Wildman–Crippen LogP) is 0.655. The predicted molar refractivity (Wildman–Crippen MR) is 59.9 cm³/mol. The molecule has 0 aliphatic carbocycles. The quantitative estimate of drug-likeness (QED) is 0.519. The van der Waals surface area contributed by atoms with Gasteiger partial charge in [0.2, 0.25) is 0 Å². The highest BCUT2D eigenvalue weighted by Crippen LogP contribution is 2.03. The Balaban J connectivity index is 2.12. The van der Waals surface area contributed by atoms with E-state index in [0.29, 0.717) is 0 Å². The van der Waals surface area contributed by atoms with E-state index in [1.807, 2.05) is 11.0 Å². The SMILES string of the molecule is C=CCCCN1CCN(CC(=O)O)CC1. The van der Waals surface area contributed by atoms with Gasteiger partial charge in [0, 0.05) is 26.2 Å². The summed E-state index contributed by atoms with van der Waals surface area (Å²) < 4.78 is 0. The molecule has 4 nitrogen and oxygen atoms in total. The number of hydrogen-bond acceptors (Lipinski definition) is 3. The second kappa shape index (κ2) is 6.58. The van der Waals surface area contributed by atoms with Crippen LogP contribution in [0.2, 0.25) is 0 Å². The fraction of sp³-hybridized carbons (Fsp3) is 0.727. The Labute approximate surface area is 91.2 Å². The number of aliphatic carboxylic acids is 1. The molecule has 1 fully saturated rings. The van der Waals surface area contributed by atoms with Crippen LogP contribution in [-0.4, -0.2) is 60.1 Å². The second-order valence-electron chi connectivity index (χ2n) is 3.94. The number of piperazine rings is 1. The molecular formula is C11H20N2O2. The first-order valence-electron chi connectivity index (χ1n) is 5.50. The number of hydrogen-bond donors (Lipinski definition) is 1. The Kier molecular flexibility index (Phi) is 5.36. The van der Waals surface area contributed by atoms with E-state index in [-0.39, 0.29) is 6.54 Å². The standard InChI is InChI=1S/C11H20N2O2/c1-2-3-4-5-12-6-8-13(9-7-12)10-11(14)15/h2H,1,3-10H2,(H,14,15). The van der Waals surface area contributed by atoms with Crippen LogP contribution in [0.3, 0.4) is 0 Å². The molecule has 1 aliphatic rings. The van der Waals surface area contributed by atoms with Gasteiger partial charge in [0.25, 0.3) is 0 Å². The van der Waals surface area contributed by atoms with E-state index in [9.17, 15) is 4.79 Å². The van der Waals surface area contributed by atoms with E-state index < -0.39 is 5.97 Å². The van der Waals surface area contributed by atoms with Crippen molar-refractivity contribution in [2.75, 3.05) is 39.3 Å². The lowest BCUT2D eigenvalue weighted by Gasteiger charge is -2.33. The van der Waals surface area contributed by atoms with E-state index >= 15 is 0 Å². The lowest BCUT2D eigenvalue weighted by Crippen LogP contribution is -2.48. The van der Waals surface area contributed by atoms with Crippen LogP contribution in [0.1, 0.15) is 12.8 Å². The number of carboxylic acids is 1. The van der Waals surface area contributed by atoms with Gasteiger partial charge >= 0.3 is 5.97 Å². The molecule has 0 bridgehead atoms. The number of unbranched alkanes of at least 4 members (excludes halogenated alkanes) is 1. The molecule has 1 saturated heterocycles. The molecule has 1 heterocycles. The van der Waals surface area contributed by atoms with Gasteiger partial charge in [-0.25, -0.2) is 0 Å². The molecule has 0 saturated carbocycles. The van der Waals surface area contributed by atoms with Gasteiger partial charge in [-0.2, -0.15) is 0 Å². The molecule has 0 aromatic carbocycles. The van der Waals surface area contributed by atoms with Crippen LogP contribution in [0.25, 0.3) is 0 Å². The van der Waals surface area contributed by atoms with Crippen LogP contribution in [0, 0.1) is 0 Å². The van der Waals surface area contributed by atoms with Gasteiger partial charge in [-0.1, -0.05) is 6.08 Å². The monoisotopic (exact) mass is 212 g/mol. The van der Waals surface area contributed by atoms with Crippen molar-refractivity contribution < 1.29 is 9.90 Å². The molecule has 0 amide bonds. The first-order valence-corrected chi connectivity index (χ1v) is 5.50. The minimum absolute atomic E-state index is 0.181. The van der Waals surface area contributed by atoms with E-state index in [0.717, 1.165) is 45.6 Å². The molecule has 0 unspecified atom stereocenters. The van der Waals surface area contributed by atoms with Crippen molar-refractivity contribution in [3.05, 3.63) is 12.7 Å². The van der Waals surface area contributed by atoms with Crippen LogP contribution in [0.4, 0.5) is 0 Å². The highest BCUT2D eigenvalue weighted by molar-refractivity contribution is 5.69. The van der Waals surface area contributed by atoms with Gasteiger partial charge in [-0.15, -0.1) is 6.58 Å². The summed E-state index contributed by atoms with van der Waals surface area (Å²) in [6.45, 7) is 8.71. The Morgan fingerprint density at radius 2 is 1.87 bits per heavy atom. The molecule has 1 rings (SSSR count).